The average molecular weight is 277 g/mol. The number of hydrogen-bond acceptors (Lipinski definition) is 1. The Hall–Kier alpha value is -0.910. The molecular formula is C17H28NP. The highest BCUT2D eigenvalue weighted by molar-refractivity contribution is 7.18. The summed E-state index contributed by atoms with van der Waals surface area (Å²) in [6.07, 6.45) is 7.61. The van der Waals surface area contributed by atoms with Gasteiger partial charge in [0.05, 0.1) is 0 Å². The molecule has 0 aliphatic heterocycles. The molecule has 1 aromatic rings. The third-order valence-electron chi connectivity index (χ3n) is 2.61. The van der Waals surface area contributed by atoms with Crippen molar-refractivity contribution >= 4 is 9.24 Å². The molecule has 0 amide bonds. The summed E-state index contributed by atoms with van der Waals surface area (Å²) in [4.78, 5) is 0. The lowest BCUT2D eigenvalue weighted by atomic mass is 10.2. The molecule has 0 aromatic heterocycles. The Labute approximate surface area is 121 Å². The summed E-state index contributed by atoms with van der Waals surface area (Å²) in [5.74, 6) is 0.308. The SMILES string of the molecule is C/C=C(\C=C/CC)C(P)NCc1ccccc1.CC. The minimum atomic E-state index is 0.308. The summed E-state index contributed by atoms with van der Waals surface area (Å²) in [5, 5.41) is 3.50. The fraction of sp³-hybridized carbons (Fsp3) is 0.412. The van der Waals surface area contributed by atoms with Gasteiger partial charge in [-0.3, -0.25) is 0 Å². The van der Waals surface area contributed by atoms with Gasteiger partial charge >= 0.3 is 0 Å². The summed E-state index contributed by atoms with van der Waals surface area (Å²) in [6, 6.07) is 10.5. The van der Waals surface area contributed by atoms with Crippen LogP contribution in [0.3, 0.4) is 0 Å². The van der Waals surface area contributed by atoms with Crippen molar-refractivity contribution in [2.75, 3.05) is 0 Å². The molecule has 2 atom stereocenters. The molecule has 0 bridgehead atoms. The lowest BCUT2D eigenvalue weighted by molar-refractivity contribution is 0.710. The highest BCUT2D eigenvalue weighted by Gasteiger charge is 2.04. The zero-order valence-corrected chi connectivity index (χ0v) is 13.8. The van der Waals surface area contributed by atoms with E-state index in [1.807, 2.05) is 19.9 Å². The van der Waals surface area contributed by atoms with Gasteiger partial charge in [0.2, 0.25) is 0 Å². The van der Waals surface area contributed by atoms with Gasteiger partial charge in [-0.2, -0.15) is 0 Å². The van der Waals surface area contributed by atoms with E-state index in [0.717, 1.165) is 13.0 Å². The topological polar surface area (TPSA) is 12.0 Å². The molecule has 19 heavy (non-hydrogen) atoms. The molecule has 106 valence electrons. The normalized spacial score (nSPS) is 13.0. The fourth-order valence-corrected chi connectivity index (χ4v) is 2.00. The summed E-state index contributed by atoms with van der Waals surface area (Å²) in [7, 11) is 2.85. The molecule has 1 aromatic carbocycles. The molecule has 0 fully saturated rings. The van der Waals surface area contributed by atoms with E-state index in [2.05, 4.69) is 70.9 Å². The third-order valence-corrected chi connectivity index (χ3v) is 3.23. The van der Waals surface area contributed by atoms with Crippen molar-refractivity contribution in [2.24, 2.45) is 0 Å². The molecule has 1 nitrogen and oxygen atoms in total. The summed E-state index contributed by atoms with van der Waals surface area (Å²) in [5.41, 5.74) is 2.63. The number of hydrogen-bond donors (Lipinski definition) is 1. The Balaban J connectivity index is 0.00000154. The Kier molecular flexibility index (Phi) is 11.6. The van der Waals surface area contributed by atoms with E-state index in [-0.39, 0.29) is 0 Å². The smallest absolute Gasteiger partial charge is 0.0463 e. The van der Waals surface area contributed by atoms with Gasteiger partial charge in [0.25, 0.3) is 0 Å². The maximum absolute atomic E-state index is 3.50. The van der Waals surface area contributed by atoms with E-state index in [1.54, 1.807) is 0 Å². The van der Waals surface area contributed by atoms with Gasteiger partial charge in [-0.05, 0) is 24.5 Å². The minimum absolute atomic E-state index is 0.308. The monoisotopic (exact) mass is 277 g/mol. The van der Waals surface area contributed by atoms with Gasteiger partial charge in [0, 0.05) is 12.3 Å². The quantitative estimate of drug-likeness (QED) is 0.575. The van der Waals surface area contributed by atoms with Crippen LogP contribution in [0.2, 0.25) is 0 Å². The zero-order chi connectivity index (χ0) is 14.5. The second-order valence-electron chi connectivity index (χ2n) is 3.94. The number of nitrogens with one attached hydrogen (secondary N) is 1. The number of allylic oxidation sites excluding steroid dienone is 2. The Morgan fingerprint density at radius 2 is 1.89 bits per heavy atom. The van der Waals surface area contributed by atoms with Crippen molar-refractivity contribution in [3.8, 4) is 0 Å². The van der Waals surface area contributed by atoms with Crippen molar-refractivity contribution in [3.05, 3.63) is 59.7 Å². The van der Waals surface area contributed by atoms with Crippen LogP contribution in [0.1, 0.15) is 39.7 Å². The van der Waals surface area contributed by atoms with Gasteiger partial charge in [-0.15, -0.1) is 9.24 Å². The predicted molar refractivity (Wildman–Crippen MR) is 91.3 cm³/mol. The first kappa shape index (κ1) is 18.1. The van der Waals surface area contributed by atoms with E-state index in [0.29, 0.717) is 5.78 Å². The van der Waals surface area contributed by atoms with Crippen LogP contribution in [0.25, 0.3) is 0 Å². The second kappa shape index (κ2) is 12.1. The maximum atomic E-state index is 3.50. The molecule has 0 saturated heterocycles. The predicted octanol–water partition coefficient (Wildman–Crippen LogP) is 4.92. The molecule has 1 N–H and O–H groups in total. The van der Waals surface area contributed by atoms with Crippen LogP contribution in [-0.2, 0) is 6.54 Å². The van der Waals surface area contributed by atoms with Gasteiger partial charge in [0.1, 0.15) is 0 Å². The van der Waals surface area contributed by atoms with Gasteiger partial charge in [0.15, 0.2) is 0 Å². The van der Waals surface area contributed by atoms with Crippen molar-refractivity contribution in [1.29, 1.82) is 0 Å². The van der Waals surface area contributed by atoms with Crippen LogP contribution in [0.4, 0.5) is 0 Å². The Morgan fingerprint density at radius 1 is 1.26 bits per heavy atom. The fourth-order valence-electron chi connectivity index (χ4n) is 1.57. The first-order chi connectivity index (χ1) is 9.27. The van der Waals surface area contributed by atoms with E-state index in [9.17, 15) is 0 Å². The minimum Gasteiger partial charge on any atom is -0.303 e. The maximum Gasteiger partial charge on any atom is 0.0463 e. The lowest BCUT2D eigenvalue weighted by Crippen LogP contribution is -2.24. The van der Waals surface area contributed by atoms with Crippen molar-refractivity contribution < 1.29 is 0 Å². The first-order valence-corrected chi connectivity index (χ1v) is 7.80. The summed E-state index contributed by atoms with van der Waals surface area (Å²) < 4.78 is 0. The molecule has 0 radical (unpaired) electrons. The standard InChI is InChI=1S/C15H22NP.C2H6/c1-3-5-11-14(4-2)15(17)16-12-13-9-7-6-8-10-13;1-2/h4-11,15-16H,3,12,17H2,1-2H3;1-2H3/b11-5-,14-4+;. The van der Waals surface area contributed by atoms with Crippen molar-refractivity contribution in [1.82, 2.24) is 5.32 Å². The first-order valence-electron chi connectivity index (χ1n) is 7.13. The molecule has 0 spiro atoms. The van der Waals surface area contributed by atoms with E-state index < -0.39 is 0 Å². The molecule has 2 unspecified atom stereocenters. The highest BCUT2D eigenvalue weighted by Crippen LogP contribution is 2.12. The number of benzene rings is 1. The van der Waals surface area contributed by atoms with Crippen molar-refractivity contribution in [3.63, 3.8) is 0 Å². The van der Waals surface area contributed by atoms with Crippen LogP contribution in [-0.4, -0.2) is 5.78 Å². The molecular weight excluding hydrogens is 249 g/mol. The molecule has 0 heterocycles. The van der Waals surface area contributed by atoms with Crippen LogP contribution < -0.4 is 5.32 Å². The van der Waals surface area contributed by atoms with Crippen molar-refractivity contribution in [2.45, 2.75) is 46.4 Å². The van der Waals surface area contributed by atoms with E-state index >= 15 is 0 Å². The van der Waals surface area contributed by atoms with Gasteiger partial charge < -0.3 is 5.32 Å². The molecule has 2 heteroatoms. The average Bonchev–Trinajstić information content (AvgIpc) is 2.49. The second-order valence-corrected chi connectivity index (χ2v) is 4.61. The van der Waals surface area contributed by atoms with Crippen LogP contribution >= 0.6 is 9.24 Å². The largest absolute Gasteiger partial charge is 0.303 e. The summed E-state index contributed by atoms with van der Waals surface area (Å²) >= 11 is 0. The van der Waals surface area contributed by atoms with Gasteiger partial charge in [-0.1, -0.05) is 69.3 Å². The van der Waals surface area contributed by atoms with E-state index in [1.165, 1.54) is 11.1 Å². The Morgan fingerprint density at radius 3 is 2.42 bits per heavy atom. The molecule has 0 saturated carbocycles. The van der Waals surface area contributed by atoms with Crippen LogP contribution in [0.5, 0.6) is 0 Å². The molecule has 0 aliphatic rings. The van der Waals surface area contributed by atoms with Gasteiger partial charge in [-0.25, -0.2) is 0 Å². The number of rotatable bonds is 6. The zero-order valence-electron chi connectivity index (χ0n) is 12.7. The Bertz CT molecular complexity index is 368. The highest BCUT2D eigenvalue weighted by atomic mass is 31.0. The lowest BCUT2D eigenvalue weighted by Gasteiger charge is -2.15. The molecule has 0 aliphatic carbocycles. The third kappa shape index (κ3) is 7.97. The molecule has 1 rings (SSSR count). The van der Waals surface area contributed by atoms with Crippen LogP contribution in [0, 0.1) is 0 Å². The summed E-state index contributed by atoms with van der Waals surface area (Å²) in [6.45, 7) is 9.13. The van der Waals surface area contributed by atoms with Crippen LogP contribution in [0.15, 0.2) is 54.1 Å². The van der Waals surface area contributed by atoms with E-state index in [4.69, 9.17) is 0 Å².